The van der Waals surface area contributed by atoms with Gasteiger partial charge in [-0.3, -0.25) is 9.69 Å². The van der Waals surface area contributed by atoms with Crippen LogP contribution < -0.4 is 5.56 Å². The maximum atomic E-state index is 12.6. The van der Waals surface area contributed by atoms with Gasteiger partial charge in [-0.1, -0.05) is 0 Å². The third-order valence-corrected chi connectivity index (χ3v) is 5.34. The van der Waals surface area contributed by atoms with E-state index in [-0.39, 0.29) is 23.5 Å². The molecule has 2 aliphatic rings. The van der Waals surface area contributed by atoms with Gasteiger partial charge in [0.2, 0.25) is 0 Å². The highest BCUT2D eigenvalue weighted by atomic mass is 16.5. The predicted molar refractivity (Wildman–Crippen MR) is 93.4 cm³/mol. The number of aromatic amines is 1. The van der Waals surface area contributed by atoms with Crippen LogP contribution in [-0.4, -0.2) is 77.8 Å². The van der Waals surface area contributed by atoms with Crippen LogP contribution in [-0.2, 0) is 14.2 Å². The number of fused-ring (bicyclic) bond motifs is 1. The van der Waals surface area contributed by atoms with Gasteiger partial charge in [0.05, 0.1) is 24.9 Å². The highest BCUT2D eigenvalue weighted by Crippen LogP contribution is 2.28. The number of nitrogens with zero attached hydrogens (tertiary/aromatic N) is 4. The van der Waals surface area contributed by atoms with Gasteiger partial charge in [0.15, 0.2) is 5.52 Å². The molecule has 2 aromatic heterocycles. The van der Waals surface area contributed by atoms with Crippen LogP contribution in [0.3, 0.4) is 0 Å². The summed E-state index contributed by atoms with van der Waals surface area (Å²) in [6, 6.07) is 0. The van der Waals surface area contributed by atoms with E-state index >= 15 is 0 Å². The third kappa shape index (κ3) is 3.16. The van der Waals surface area contributed by atoms with Gasteiger partial charge in [-0.05, 0) is 12.8 Å². The number of H-pyrrole nitrogens is 1. The van der Waals surface area contributed by atoms with Crippen LogP contribution in [0.5, 0.6) is 0 Å². The molecular formula is C17H25N5O4. The standard InChI is InChI=1S/C17H25N5O4/c1-24-10-21-8-12(14(9-21)25-2)15-19-17(23)13-7-18-16(22(13)20-15)11-3-5-26-6-4-11/h7,11-12,14H,3-6,8-10H2,1-2H3,(H,19,20,23). The van der Waals surface area contributed by atoms with Gasteiger partial charge in [0.25, 0.3) is 5.56 Å². The number of hydrogen-bond donors (Lipinski definition) is 1. The number of imidazole rings is 1. The van der Waals surface area contributed by atoms with E-state index in [1.54, 1.807) is 24.9 Å². The van der Waals surface area contributed by atoms with E-state index in [0.29, 0.717) is 18.1 Å². The monoisotopic (exact) mass is 363 g/mol. The Kier molecular flexibility index (Phi) is 5.03. The third-order valence-electron chi connectivity index (χ3n) is 5.34. The van der Waals surface area contributed by atoms with E-state index in [0.717, 1.165) is 45.0 Å². The van der Waals surface area contributed by atoms with Gasteiger partial charge in [-0.25, -0.2) is 9.50 Å². The summed E-state index contributed by atoms with van der Waals surface area (Å²) in [6.07, 6.45) is 3.37. The minimum Gasteiger partial charge on any atom is -0.381 e. The molecule has 0 bridgehead atoms. The highest BCUT2D eigenvalue weighted by molar-refractivity contribution is 5.42. The lowest BCUT2D eigenvalue weighted by atomic mass is 10.00. The summed E-state index contributed by atoms with van der Waals surface area (Å²) in [5.41, 5.74) is 0.316. The Morgan fingerprint density at radius 1 is 1.31 bits per heavy atom. The van der Waals surface area contributed by atoms with Crippen LogP contribution in [0.1, 0.15) is 36.3 Å². The van der Waals surface area contributed by atoms with Gasteiger partial charge in [-0.2, -0.15) is 5.10 Å². The Morgan fingerprint density at radius 2 is 2.12 bits per heavy atom. The number of nitrogens with one attached hydrogen (secondary N) is 1. The van der Waals surface area contributed by atoms with Crippen molar-refractivity contribution in [2.45, 2.75) is 30.8 Å². The molecule has 9 heteroatoms. The molecule has 0 spiro atoms. The lowest BCUT2D eigenvalue weighted by Crippen LogP contribution is -2.26. The SMILES string of the molecule is COCN1CC(OC)C(c2nn3c(C4CCOCC4)ncc3c(=O)[nH]2)C1. The number of methoxy groups -OCH3 is 2. The van der Waals surface area contributed by atoms with E-state index in [2.05, 4.69) is 14.9 Å². The first-order chi connectivity index (χ1) is 12.7. The molecule has 142 valence electrons. The summed E-state index contributed by atoms with van der Waals surface area (Å²) in [6.45, 7) is 3.43. The van der Waals surface area contributed by atoms with Crippen LogP contribution in [0.4, 0.5) is 0 Å². The first-order valence-corrected chi connectivity index (χ1v) is 9.01. The Balaban J connectivity index is 1.70. The zero-order valence-corrected chi connectivity index (χ0v) is 15.2. The average molecular weight is 363 g/mol. The van der Waals surface area contributed by atoms with Crippen molar-refractivity contribution >= 4 is 5.52 Å². The van der Waals surface area contributed by atoms with E-state index < -0.39 is 0 Å². The molecule has 9 nitrogen and oxygen atoms in total. The van der Waals surface area contributed by atoms with E-state index in [1.165, 1.54) is 0 Å². The van der Waals surface area contributed by atoms with E-state index in [9.17, 15) is 4.79 Å². The highest BCUT2D eigenvalue weighted by Gasteiger charge is 2.36. The largest absolute Gasteiger partial charge is 0.381 e. The van der Waals surface area contributed by atoms with Gasteiger partial charge in [-0.15, -0.1) is 0 Å². The first-order valence-electron chi connectivity index (χ1n) is 9.01. The molecule has 2 atom stereocenters. The number of aromatic nitrogens is 4. The Hall–Kier alpha value is -1.81. The van der Waals surface area contributed by atoms with Crippen molar-refractivity contribution in [1.29, 1.82) is 0 Å². The molecule has 1 N–H and O–H groups in total. The van der Waals surface area contributed by atoms with Crippen molar-refractivity contribution in [1.82, 2.24) is 24.5 Å². The Labute approximate surface area is 151 Å². The molecule has 2 aliphatic heterocycles. The van der Waals surface area contributed by atoms with Crippen molar-refractivity contribution < 1.29 is 14.2 Å². The molecule has 2 fully saturated rings. The maximum absolute atomic E-state index is 12.6. The van der Waals surface area contributed by atoms with Crippen LogP contribution in [0.15, 0.2) is 11.0 Å². The summed E-state index contributed by atoms with van der Waals surface area (Å²) in [5, 5.41) is 4.76. The Bertz CT molecular complexity index is 813. The fraction of sp³-hybridized carbons (Fsp3) is 0.706. The van der Waals surface area contributed by atoms with Gasteiger partial charge < -0.3 is 19.2 Å². The molecule has 0 radical (unpaired) electrons. The van der Waals surface area contributed by atoms with E-state index in [1.807, 2.05) is 0 Å². The number of likely N-dealkylation sites (tertiary alicyclic amines) is 1. The van der Waals surface area contributed by atoms with Crippen molar-refractivity contribution in [3.05, 3.63) is 28.2 Å². The van der Waals surface area contributed by atoms with E-state index in [4.69, 9.17) is 19.3 Å². The van der Waals surface area contributed by atoms with Crippen molar-refractivity contribution in [2.24, 2.45) is 0 Å². The fourth-order valence-corrected chi connectivity index (χ4v) is 3.98. The average Bonchev–Trinajstić information content (AvgIpc) is 3.27. The number of ether oxygens (including phenoxy) is 3. The van der Waals surface area contributed by atoms with Gasteiger partial charge in [0.1, 0.15) is 11.6 Å². The van der Waals surface area contributed by atoms with Crippen LogP contribution in [0.25, 0.3) is 5.52 Å². The summed E-state index contributed by atoms with van der Waals surface area (Å²) < 4.78 is 18.0. The zero-order chi connectivity index (χ0) is 18.1. The fourth-order valence-electron chi connectivity index (χ4n) is 3.98. The molecule has 2 aromatic rings. The second-order valence-corrected chi connectivity index (χ2v) is 6.97. The second kappa shape index (κ2) is 7.43. The topological polar surface area (TPSA) is 94.0 Å². The van der Waals surface area contributed by atoms with Gasteiger partial charge >= 0.3 is 0 Å². The molecule has 26 heavy (non-hydrogen) atoms. The molecule has 0 aliphatic carbocycles. The maximum Gasteiger partial charge on any atom is 0.276 e. The molecule has 2 saturated heterocycles. The smallest absolute Gasteiger partial charge is 0.276 e. The molecule has 2 unspecified atom stereocenters. The summed E-state index contributed by atoms with van der Waals surface area (Å²) in [7, 11) is 3.36. The van der Waals surface area contributed by atoms with Crippen molar-refractivity contribution in [3.8, 4) is 0 Å². The minimum absolute atomic E-state index is 0.0165. The van der Waals surface area contributed by atoms with Crippen LogP contribution >= 0.6 is 0 Å². The summed E-state index contributed by atoms with van der Waals surface area (Å²) in [5.74, 6) is 1.73. The molecule has 0 aromatic carbocycles. The molecule has 4 heterocycles. The molecule has 4 rings (SSSR count). The number of rotatable bonds is 5. The van der Waals surface area contributed by atoms with Crippen molar-refractivity contribution in [2.75, 3.05) is 47.3 Å². The van der Waals surface area contributed by atoms with Crippen LogP contribution in [0, 0.1) is 0 Å². The summed E-state index contributed by atoms with van der Waals surface area (Å²) >= 11 is 0. The first kappa shape index (κ1) is 17.6. The molecule has 0 saturated carbocycles. The van der Waals surface area contributed by atoms with Crippen molar-refractivity contribution in [3.63, 3.8) is 0 Å². The zero-order valence-electron chi connectivity index (χ0n) is 15.2. The predicted octanol–water partition coefficient (Wildman–Crippen LogP) is 0.330. The summed E-state index contributed by atoms with van der Waals surface area (Å²) in [4.78, 5) is 22.2. The van der Waals surface area contributed by atoms with Gasteiger partial charge in [0, 0.05) is 46.4 Å². The van der Waals surface area contributed by atoms with Crippen LogP contribution in [0.2, 0.25) is 0 Å². The lowest BCUT2D eigenvalue weighted by Gasteiger charge is -2.21. The minimum atomic E-state index is -0.166. The number of hydrogen-bond acceptors (Lipinski definition) is 7. The molecular weight excluding hydrogens is 338 g/mol. The normalized spacial score (nSPS) is 25.3. The lowest BCUT2D eigenvalue weighted by molar-refractivity contribution is 0.0563. The molecule has 0 amide bonds. The second-order valence-electron chi connectivity index (χ2n) is 6.97. The Morgan fingerprint density at radius 3 is 2.85 bits per heavy atom. The quantitative estimate of drug-likeness (QED) is 0.818.